The average molecular weight is 311 g/mol. The van der Waals surface area contributed by atoms with Gasteiger partial charge in [-0.1, -0.05) is 62.4 Å². The maximum Gasteiger partial charge on any atom is 0.279 e. The first-order valence-electron chi connectivity index (χ1n) is 8.23. The van der Waals surface area contributed by atoms with Gasteiger partial charge in [0.15, 0.2) is 6.54 Å². The van der Waals surface area contributed by atoms with Crippen LogP contribution >= 0.6 is 0 Å². The topological polar surface area (TPSA) is 45.7 Å². The van der Waals surface area contributed by atoms with Gasteiger partial charge in [-0.25, -0.2) is 0 Å². The maximum atomic E-state index is 12.3. The number of aryl methyl sites for hydroxylation is 2. The van der Waals surface area contributed by atoms with Crippen LogP contribution in [0.1, 0.15) is 36.6 Å². The predicted molar refractivity (Wildman–Crippen MR) is 95.4 cm³/mol. The fourth-order valence-electron chi connectivity index (χ4n) is 2.90. The summed E-state index contributed by atoms with van der Waals surface area (Å²) in [5.74, 6) is 0.509. The van der Waals surface area contributed by atoms with Gasteiger partial charge in [-0.05, 0) is 25.0 Å². The molecule has 0 bridgehead atoms. The lowest BCUT2D eigenvalue weighted by Gasteiger charge is -2.19. The van der Waals surface area contributed by atoms with Crippen LogP contribution in [0.25, 0.3) is 0 Å². The molecule has 0 aliphatic rings. The number of nitrogens with one attached hydrogen (secondary N) is 1. The third kappa shape index (κ3) is 4.67. The molecular formula is C20H27N2O+. The number of anilines is 1. The molecule has 0 fully saturated rings. The van der Waals surface area contributed by atoms with E-state index in [-0.39, 0.29) is 5.91 Å². The zero-order valence-corrected chi connectivity index (χ0v) is 14.5. The van der Waals surface area contributed by atoms with Crippen LogP contribution in [0.2, 0.25) is 0 Å². The molecule has 0 saturated carbocycles. The van der Waals surface area contributed by atoms with Crippen LogP contribution in [-0.4, -0.2) is 12.5 Å². The lowest BCUT2D eigenvalue weighted by Crippen LogP contribution is -2.88. The van der Waals surface area contributed by atoms with Crippen molar-refractivity contribution in [2.75, 3.05) is 11.9 Å². The molecule has 122 valence electrons. The van der Waals surface area contributed by atoms with Gasteiger partial charge in [0.1, 0.15) is 6.04 Å². The Kier molecular flexibility index (Phi) is 5.94. The summed E-state index contributed by atoms with van der Waals surface area (Å²) in [5.41, 5.74) is 4.40. The first-order valence-corrected chi connectivity index (χ1v) is 8.23. The van der Waals surface area contributed by atoms with Crippen molar-refractivity contribution in [3.8, 4) is 0 Å². The molecule has 23 heavy (non-hydrogen) atoms. The number of nitrogens with two attached hydrogens (primary N) is 1. The maximum absolute atomic E-state index is 12.3. The minimum atomic E-state index is 0.0454. The number of carbonyl (C=O) groups is 1. The van der Waals surface area contributed by atoms with Gasteiger partial charge in [-0.3, -0.25) is 4.79 Å². The molecular weight excluding hydrogens is 284 g/mol. The van der Waals surface area contributed by atoms with Crippen LogP contribution in [0.15, 0.2) is 48.5 Å². The van der Waals surface area contributed by atoms with Gasteiger partial charge >= 0.3 is 0 Å². The average Bonchev–Trinajstić information content (AvgIpc) is 2.52. The smallest absolute Gasteiger partial charge is 0.279 e. The fraction of sp³-hybridized carbons (Fsp3) is 0.350. The Morgan fingerprint density at radius 2 is 1.61 bits per heavy atom. The molecule has 1 amide bonds. The monoisotopic (exact) mass is 311 g/mol. The molecule has 1 atom stereocenters. The Morgan fingerprint density at radius 3 is 2.17 bits per heavy atom. The number of carbonyl (C=O) groups excluding carboxylic acids is 1. The van der Waals surface area contributed by atoms with E-state index in [4.69, 9.17) is 0 Å². The van der Waals surface area contributed by atoms with E-state index in [0.717, 1.165) is 16.8 Å². The van der Waals surface area contributed by atoms with Crippen molar-refractivity contribution in [3.05, 3.63) is 65.2 Å². The van der Waals surface area contributed by atoms with Gasteiger partial charge in [-0.2, -0.15) is 0 Å². The predicted octanol–water partition coefficient (Wildman–Crippen LogP) is 3.20. The number of para-hydroxylation sites is 1. The summed E-state index contributed by atoms with van der Waals surface area (Å²) in [7, 11) is 0. The molecule has 2 aromatic rings. The summed E-state index contributed by atoms with van der Waals surface area (Å²) in [6, 6.07) is 16.7. The molecule has 0 saturated heterocycles. The Hall–Kier alpha value is -2.13. The van der Waals surface area contributed by atoms with E-state index in [0.29, 0.717) is 18.5 Å². The summed E-state index contributed by atoms with van der Waals surface area (Å²) >= 11 is 0. The van der Waals surface area contributed by atoms with E-state index in [9.17, 15) is 4.79 Å². The Morgan fingerprint density at radius 1 is 1.00 bits per heavy atom. The third-order valence-corrected chi connectivity index (χ3v) is 4.21. The minimum absolute atomic E-state index is 0.0454. The molecule has 0 radical (unpaired) electrons. The van der Waals surface area contributed by atoms with Crippen molar-refractivity contribution in [1.82, 2.24) is 0 Å². The molecule has 2 aromatic carbocycles. The second-order valence-corrected chi connectivity index (χ2v) is 6.44. The minimum Gasteiger partial charge on any atom is -0.332 e. The Bertz CT molecular complexity index is 630. The molecule has 0 aliphatic heterocycles. The van der Waals surface area contributed by atoms with E-state index >= 15 is 0 Å². The third-order valence-electron chi connectivity index (χ3n) is 4.21. The summed E-state index contributed by atoms with van der Waals surface area (Å²) in [6.45, 7) is 8.85. The second-order valence-electron chi connectivity index (χ2n) is 6.44. The first kappa shape index (κ1) is 17.2. The van der Waals surface area contributed by atoms with Crippen LogP contribution in [0.5, 0.6) is 0 Å². The second kappa shape index (κ2) is 7.93. The van der Waals surface area contributed by atoms with E-state index in [1.165, 1.54) is 5.56 Å². The van der Waals surface area contributed by atoms with Crippen molar-refractivity contribution in [1.29, 1.82) is 0 Å². The zero-order chi connectivity index (χ0) is 16.8. The van der Waals surface area contributed by atoms with Crippen molar-refractivity contribution in [3.63, 3.8) is 0 Å². The fourth-order valence-corrected chi connectivity index (χ4v) is 2.90. The van der Waals surface area contributed by atoms with E-state index in [1.54, 1.807) is 0 Å². The highest BCUT2D eigenvalue weighted by atomic mass is 16.1. The molecule has 3 N–H and O–H groups in total. The van der Waals surface area contributed by atoms with E-state index < -0.39 is 0 Å². The van der Waals surface area contributed by atoms with Gasteiger partial charge in [-0.15, -0.1) is 0 Å². The number of hydrogen-bond donors (Lipinski definition) is 2. The highest BCUT2D eigenvalue weighted by molar-refractivity contribution is 5.92. The van der Waals surface area contributed by atoms with E-state index in [2.05, 4.69) is 48.7 Å². The molecule has 0 unspecified atom stereocenters. The standard InChI is InChI=1S/C20H26N2O/c1-14(2)19(17-11-6-5-7-12-17)21-13-18(23)22-20-15(3)9-8-10-16(20)4/h5-12,14,19,21H,13H2,1-4H3,(H,22,23)/p+1/t19-/m1/s1. The normalized spacial score (nSPS) is 12.2. The zero-order valence-electron chi connectivity index (χ0n) is 14.5. The van der Waals surface area contributed by atoms with Crippen LogP contribution in [0.4, 0.5) is 5.69 Å². The van der Waals surface area contributed by atoms with Gasteiger partial charge in [0, 0.05) is 17.2 Å². The number of quaternary nitrogens is 1. The summed E-state index contributed by atoms with van der Waals surface area (Å²) in [6.07, 6.45) is 0. The van der Waals surface area contributed by atoms with Crippen molar-refractivity contribution >= 4 is 11.6 Å². The van der Waals surface area contributed by atoms with Crippen molar-refractivity contribution in [2.24, 2.45) is 5.92 Å². The summed E-state index contributed by atoms with van der Waals surface area (Å²) in [5, 5.41) is 5.18. The Labute approximate surface area is 139 Å². The molecule has 0 heterocycles. The lowest BCUT2D eigenvalue weighted by atomic mass is 9.96. The quantitative estimate of drug-likeness (QED) is 0.845. The van der Waals surface area contributed by atoms with Crippen molar-refractivity contribution < 1.29 is 10.1 Å². The number of rotatable bonds is 6. The lowest BCUT2D eigenvalue weighted by molar-refractivity contribution is -0.692. The highest BCUT2D eigenvalue weighted by Crippen LogP contribution is 2.19. The molecule has 0 aliphatic carbocycles. The SMILES string of the molecule is Cc1cccc(C)c1NC(=O)C[NH2+][C@@H](c1ccccc1)C(C)C. The molecule has 3 heteroatoms. The Balaban J connectivity index is 2.00. The summed E-state index contributed by atoms with van der Waals surface area (Å²) in [4.78, 5) is 12.3. The van der Waals surface area contributed by atoms with Gasteiger partial charge in [0.2, 0.25) is 0 Å². The van der Waals surface area contributed by atoms with E-state index in [1.807, 2.05) is 38.1 Å². The molecule has 0 aromatic heterocycles. The molecule has 2 rings (SSSR count). The number of benzene rings is 2. The summed E-state index contributed by atoms with van der Waals surface area (Å²) < 4.78 is 0. The largest absolute Gasteiger partial charge is 0.332 e. The highest BCUT2D eigenvalue weighted by Gasteiger charge is 2.20. The van der Waals surface area contributed by atoms with Crippen LogP contribution in [0, 0.1) is 19.8 Å². The van der Waals surface area contributed by atoms with Crippen molar-refractivity contribution in [2.45, 2.75) is 33.7 Å². The van der Waals surface area contributed by atoms with Crippen LogP contribution in [-0.2, 0) is 4.79 Å². The van der Waals surface area contributed by atoms with Gasteiger partial charge in [0.25, 0.3) is 5.91 Å². The van der Waals surface area contributed by atoms with Gasteiger partial charge < -0.3 is 10.6 Å². The molecule has 0 spiro atoms. The number of amides is 1. The first-order chi connectivity index (χ1) is 11.0. The van der Waals surface area contributed by atoms with Gasteiger partial charge in [0.05, 0.1) is 0 Å². The van der Waals surface area contributed by atoms with Crippen LogP contribution < -0.4 is 10.6 Å². The number of hydrogen-bond acceptors (Lipinski definition) is 1. The van der Waals surface area contributed by atoms with Crippen LogP contribution in [0.3, 0.4) is 0 Å². The molecule has 3 nitrogen and oxygen atoms in total.